The predicted octanol–water partition coefficient (Wildman–Crippen LogP) is 3.13. The van der Waals surface area contributed by atoms with Crippen molar-refractivity contribution in [3.8, 4) is 5.75 Å². The van der Waals surface area contributed by atoms with Crippen LogP contribution in [0.1, 0.15) is 39.8 Å². The monoisotopic (exact) mass is 412 g/mol. The summed E-state index contributed by atoms with van der Waals surface area (Å²) in [4.78, 5) is 13.2. The normalized spacial score (nSPS) is 13.7. The van der Waals surface area contributed by atoms with E-state index >= 15 is 0 Å². The van der Waals surface area contributed by atoms with Crippen LogP contribution in [0.25, 0.3) is 0 Å². The van der Waals surface area contributed by atoms with Crippen LogP contribution in [0.2, 0.25) is 0 Å². The quantitative estimate of drug-likeness (QED) is 0.630. The average molecular weight is 413 g/mol. The minimum atomic E-state index is -4.04. The highest BCUT2D eigenvalue weighted by Gasteiger charge is 2.43. The Morgan fingerprint density at radius 1 is 1.07 bits per heavy atom. The number of hydrogen-bond acceptors (Lipinski definition) is 4. The molecule has 29 heavy (non-hydrogen) atoms. The van der Waals surface area contributed by atoms with Crippen molar-refractivity contribution < 1.29 is 17.9 Å². The van der Waals surface area contributed by atoms with Gasteiger partial charge in [-0.1, -0.05) is 30.3 Å². The molecule has 0 saturated carbocycles. The van der Waals surface area contributed by atoms with E-state index in [4.69, 9.17) is 9.88 Å². The third kappa shape index (κ3) is 3.47. The van der Waals surface area contributed by atoms with E-state index in [1.54, 1.807) is 87.2 Å². The van der Waals surface area contributed by atoms with Gasteiger partial charge in [0.1, 0.15) is 10.5 Å². The Balaban J connectivity index is 2.18. The van der Waals surface area contributed by atoms with Crippen molar-refractivity contribution in [1.82, 2.24) is 4.57 Å². The lowest BCUT2D eigenvalue weighted by Gasteiger charge is -2.29. The Kier molecular flexibility index (Phi) is 5.38. The van der Waals surface area contributed by atoms with Gasteiger partial charge in [-0.05, 0) is 55.3 Å². The summed E-state index contributed by atoms with van der Waals surface area (Å²) in [6, 6.07) is 17.3. The number of carbonyl (C=O) groups excluding carboxylic acids is 1. The molecule has 1 unspecified atom stereocenters. The molecule has 0 amide bonds. The molecular formula is C22H24N2O4S. The summed E-state index contributed by atoms with van der Waals surface area (Å²) < 4.78 is 30.7. The molecule has 3 aromatic rings. The van der Waals surface area contributed by atoms with Gasteiger partial charge >= 0.3 is 0 Å². The summed E-state index contributed by atoms with van der Waals surface area (Å²) in [5, 5.41) is 5.69. The summed E-state index contributed by atoms with van der Waals surface area (Å²) in [5.41, 5.74) is 2.54. The van der Waals surface area contributed by atoms with Gasteiger partial charge in [-0.15, -0.1) is 0 Å². The Bertz CT molecular complexity index is 1150. The smallest absolute Gasteiger partial charge is 0.224 e. The van der Waals surface area contributed by atoms with Gasteiger partial charge in [0, 0.05) is 18.3 Å². The number of ketones is 1. The summed E-state index contributed by atoms with van der Waals surface area (Å²) in [7, 11) is -0.801. The number of rotatable bonds is 6. The molecule has 0 spiro atoms. The number of primary sulfonamides is 1. The fourth-order valence-electron chi connectivity index (χ4n) is 3.64. The lowest BCUT2D eigenvalue weighted by Crippen LogP contribution is -2.40. The fourth-order valence-corrected chi connectivity index (χ4v) is 4.59. The number of ether oxygens (including phenoxy) is 1. The second-order valence-electron chi connectivity index (χ2n) is 7.12. The first-order valence-electron chi connectivity index (χ1n) is 9.04. The number of sulfonamides is 1. The topological polar surface area (TPSA) is 91.4 Å². The second kappa shape index (κ2) is 7.50. The Morgan fingerprint density at radius 2 is 1.66 bits per heavy atom. The molecule has 1 aromatic heterocycles. The molecule has 0 fully saturated rings. The van der Waals surface area contributed by atoms with Crippen LogP contribution in [-0.4, -0.2) is 25.9 Å². The highest BCUT2D eigenvalue weighted by atomic mass is 32.2. The second-order valence-corrected chi connectivity index (χ2v) is 9.03. The summed E-state index contributed by atoms with van der Waals surface area (Å²) in [6.45, 7) is 3.35. The lowest BCUT2D eigenvalue weighted by molar-refractivity contribution is 0.103. The Hall–Kier alpha value is -2.90. The molecule has 6 nitrogen and oxygen atoms in total. The first-order valence-corrected chi connectivity index (χ1v) is 10.6. The molecule has 0 saturated heterocycles. The largest absolute Gasteiger partial charge is 0.497 e. The highest BCUT2D eigenvalue weighted by molar-refractivity contribution is 7.90. The molecule has 0 radical (unpaired) electrons. The predicted molar refractivity (Wildman–Crippen MR) is 113 cm³/mol. The van der Waals surface area contributed by atoms with Gasteiger partial charge < -0.3 is 9.30 Å². The van der Waals surface area contributed by atoms with Crippen LogP contribution in [0.5, 0.6) is 5.75 Å². The fraction of sp³-hybridized carbons (Fsp3) is 0.227. The van der Waals surface area contributed by atoms with E-state index in [0.717, 1.165) is 0 Å². The molecule has 1 atom stereocenters. The van der Waals surface area contributed by atoms with Gasteiger partial charge in [0.25, 0.3) is 0 Å². The van der Waals surface area contributed by atoms with Crippen LogP contribution in [-0.2, 0) is 21.8 Å². The number of nitrogens with two attached hydrogens (primary N) is 1. The maximum Gasteiger partial charge on any atom is 0.224 e. The van der Waals surface area contributed by atoms with Gasteiger partial charge in [-0.2, -0.15) is 0 Å². The number of hydrogen-bond donors (Lipinski definition) is 1. The van der Waals surface area contributed by atoms with E-state index in [2.05, 4.69) is 0 Å². The Morgan fingerprint density at radius 3 is 2.17 bits per heavy atom. The lowest BCUT2D eigenvalue weighted by atomic mass is 9.96. The van der Waals surface area contributed by atoms with E-state index in [0.29, 0.717) is 33.8 Å². The van der Waals surface area contributed by atoms with Gasteiger partial charge in [0.05, 0.1) is 12.8 Å². The van der Waals surface area contributed by atoms with Crippen LogP contribution < -0.4 is 9.88 Å². The summed E-state index contributed by atoms with van der Waals surface area (Å²) in [6.07, 6.45) is 0. The summed E-state index contributed by atoms with van der Waals surface area (Å²) >= 11 is 0. The zero-order valence-electron chi connectivity index (χ0n) is 16.8. The SMILES string of the molecule is COc1ccc(C(=O)c2c(C)cc(C(C)(c3ccccc3)S(N)(=O)=O)n2C)cc1. The Labute approximate surface area is 171 Å². The zero-order chi connectivity index (χ0) is 21.4. The molecule has 0 aliphatic carbocycles. The molecule has 152 valence electrons. The van der Waals surface area contributed by atoms with Crippen LogP contribution in [0.15, 0.2) is 60.7 Å². The van der Waals surface area contributed by atoms with Crippen LogP contribution in [0.3, 0.4) is 0 Å². The van der Waals surface area contributed by atoms with E-state index in [1.807, 2.05) is 6.07 Å². The number of nitrogens with zero attached hydrogens (tertiary/aromatic N) is 1. The molecule has 2 N–H and O–H groups in total. The molecule has 1 heterocycles. The molecular weight excluding hydrogens is 388 g/mol. The first kappa shape index (κ1) is 20.8. The van der Waals surface area contributed by atoms with Crippen LogP contribution in [0, 0.1) is 6.92 Å². The molecule has 0 aliphatic rings. The van der Waals surface area contributed by atoms with Crippen molar-refractivity contribution >= 4 is 15.8 Å². The van der Waals surface area contributed by atoms with Crippen molar-refractivity contribution in [2.45, 2.75) is 18.6 Å². The van der Waals surface area contributed by atoms with Crippen molar-refractivity contribution in [1.29, 1.82) is 0 Å². The average Bonchev–Trinajstić information content (AvgIpc) is 3.01. The maximum absolute atomic E-state index is 13.2. The minimum Gasteiger partial charge on any atom is -0.497 e. The van der Waals surface area contributed by atoms with Gasteiger partial charge in [0.15, 0.2) is 0 Å². The van der Waals surface area contributed by atoms with Crippen molar-refractivity contribution in [2.75, 3.05) is 7.11 Å². The van der Waals surface area contributed by atoms with Crippen molar-refractivity contribution in [3.63, 3.8) is 0 Å². The molecule has 3 rings (SSSR count). The number of aromatic nitrogens is 1. The van der Waals surface area contributed by atoms with E-state index in [9.17, 15) is 13.2 Å². The van der Waals surface area contributed by atoms with Crippen LogP contribution >= 0.6 is 0 Å². The minimum absolute atomic E-state index is 0.205. The van der Waals surface area contributed by atoms with Gasteiger partial charge in [-0.25, -0.2) is 13.6 Å². The standard InChI is InChI=1S/C22H24N2O4S/c1-15-14-19(22(2,29(23,26)27)17-8-6-5-7-9-17)24(3)20(15)21(25)16-10-12-18(28-4)13-11-16/h5-14H,1-4H3,(H2,23,26,27). The number of carbonyl (C=O) groups is 1. The molecule has 7 heteroatoms. The van der Waals surface area contributed by atoms with E-state index in [-0.39, 0.29) is 5.78 Å². The summed E-state index contributed by atoms with van der Waals surface area (Å²) in [5.74, 6) is 0.445. The first-order chi connectivity index (χ1) is 13.6. The van der Waals surface area contributed by atoms with Crippen LogP contribution in [0.4, 0.5) is 0 Å². The molecule has 2 aromatic carbocycles. The molecule has 0 bridgehead atoms. The van der Waals surface area contributed by atoms with Gasteiger partial charge in [0.2, 0.25) is 15.8 Å². The van der Waals surface area contributed by atoms with Crippen molar-refractivity contribution in [3.05, 3.63) is 88.7 Å². The van der Waals surface area contributed by atoms with Crippen molar-refractivity contribution in [2.24, 2.45) is 12.2 Å². The third-order valence-electron chi connectivity index (χ3n) is 5.37. The zero-order valence-corrected chi connectivity index (χ0v) is 17.7. The van der Waals surface area contributed by atoms with E-state index < -0.39 is 14.8 Å². The maximum atomic E-state index is 13.2. The van der Waals surface area contributed by atoms with Gasteiger partial charge in [-0.3, -0.25) is 4.79 Å². The number of aryl methyl sites for hydroxylation is 1. The number of methoxy groups -OCH3 is 1. The highest BCUT2D eigenvalue weighted by Crippen LogP contribution is 2.38. The van der Waals surface area contributed by atoms with E-state index in [1.165, 1.54) is 0 Å². The number of benzene rings is 2. The molecule has 0 aliphatic heterocycles. The third-order valence-corrected chi connectivity index (χ3v) is 6.96.